The maximum absolute atomic E-state index is 12.4. The number of carbonyl (C=O) groups is 1. The summed E-state index contributed by atoms with van der Waals surface area (Å²) in [7, 11) is 0. The molecule has 3 fully saturated rings. The number of carbonyl (C=O) groups excluding carboxylic acids is 1. The number of hydrogen-bond donors (Lipinski definition) is 1. The largest absolute Gasteiger partial charge is 0.341 e. The molecule has 0 saturated carbocycles. The Hall–Kier alpha value is -0.610. The van der Waals surface area contributed by atoms with Gasteiger partial charge in [-0.25, -0.2) is 0 Å². The van der Waals surface area contributed by atoms with Crippen molar-refractivity contribution in [3.63, 3.8) is 0 Å². The molecular weight excluding hydrogens is 238 g/mol. The summed E-state index contributed by atoms with van der Waals surface area (Å²) in [6.07, 6.45) is 8.55. The summed E-state index contributed by atoms with van der Waals surface area (Å²) < 4.78 is 0. The van der Waals surface area contributed by atoms with Crippen molar-refractivity contribution < 1.29 is 4.79 Å². The van der Waals surface area contributed by atoms with Gasteiger partial charge in [-0.3, -0.25) is 4.79 Å². The predicted octanol–water partition coefficient (Wildman–Crippen LogP) is 1.22. The molecule has 108 valence electrons. The Balaban J connectivity index is 1.47. The Morgan fingerprint density at radius 2 is 1.63 bits per heavy atom. The Morgan fingerprint density at radius 3 is 2.26 bits per heavy atom. The van der Waals surface area contributed by atoms with Crippen molar-refractivity contribution in [2.75, 3.05) is 32.7 Å². The van der Waals surface area contributed by atoms with E-state index in [1.54, 1.807) is 0 Å². The highest BCUT2D eigenvalue weighted by atomic mass is 16.2. The van der Waals surface area contributed by atoms with E-state index in [1.165, 1.54) is 51.6 Å². The molecule has 19 heavy (non-hydrogen) atoms. The van der Waals surface area contributed by atoms with Gasteiger partial charge in [0.05, 0.1) is 6.04 Å². The van der Waals surface area contributed by atoms with E-state index in [-0.39, 0.29) is 6.04 Å². The Labute approximate surface area is 116 Å². The van der Waals surface area contributed by atoms with Crippen LogP contribution in [0.4, 0.5) is 0 Å². The van der Waals surface area contributed by atoms with Crippen molar-refractivity contribution >= 4 is 5.91 Å². The van der Waals surface area contributed by atoms with Gasteiger partial charge in [-0.2, -0.15) is 0 Å². The lowest BCUT2D eigenvalue weighted by Gasteiger charge is -2.38. The Bertz CT molecular complexity index is 301. The first kappa shape index (κ1) is 13.4. The normalized spacial score (nSPS) is 30.7. The van der Waals surface area contributed by atoms with Gasteiger partial charge in [-0.15, -0.1) is 0 Å². The molecule has 4 nitrogen and oxygen atoms in total. The molecule has 0 spiro atoms. The molecule has 0 aromatic carbocycles. The lowest BCUT2D eigenvalue weighted by molar-refractivity contribution is -0.135. The van der Waals surface area contributed by atoms with E-state index in [0.717, 1.165) is 32.1 Å². The third-order valence-corrected chi connectivity index (χ3v) is 5.04. The van der Waals surface area contributed by atoms with Crippen LogP contribution in [0.2, 0.25) is 0 Å². The monoisotopic (exact) mass is 265 g/mol. The van der Waals surface area contributed by atoms with Crippen LogP contribution in [0.3, 0.4) is 0 Å². The molecule has 3 heterocycles. The molecule has 1 atom stereocenters. The molecule has 1 N–H and O–H groups in total. The average molecular weight is 265 g/mol. The maximum atomic E-state index is 12.4. The number of nitrogens with one attached hydrogen (secondary N) is 1. The fourth-order valence-corrected chi connectivity index (χ4v) is 3.84. The van der Waals surface area contributed by atoms with Crippen LogP contribution >= 0.6 is 0 Å². The summed E-state index contributed by atoms with van der Waals surface area (Å²) in [6.45, 7) is 5.52. The average Bonchev–Trinajstić information content (AvgIpc) is 3.02. The van der Waals surface area contributed by atoms with Gasteiger partial charge < -0.3 is 15.1 Å². The molecule has 0 radical (unpaired) electrons. The van der Waals surface area contributed by atoms with E-state index in [4.69, 9.17) is 0 Å². The highest BCUT2D eigenvalue weighted by Gasteiger charge is 2.31. The summed E-state index contributed by atoms with van der Waals surface area (Å²) in [5.74, 6) is 0.361. The molecule has 0 aliphatic carbocycles. The third-order valence-electron chi connectivity index (χ3n) is 5.04. The lowest BCUT2D eigenvalue weighted by Crippen LogP contribution is -2.52. The summed E-state index contributed by atoms with van der Waals surface area (Å²) in [4.78, 5) is 17.2. The van der Waals surface area contributed by atoms with Gasteiger partial charge >= 0.3 is 0 Å². The minimum atomic E-state index is 0.108. The number of amides is 1. The van der Waals surface area contributed by atoms with Crippen LogP contribution in [0, 0.1) is 0 Å². The van der Waals surface area contributed by atoms with Gasteiger partial charge in [0.2, 0.25) is 5.91 Å². The standard InChI is InChI=1S/C15H27N3O/c19-15(14-5-1-2-8-16-14)18-11-6-13(7-12-18)17-9-3-4-10-17/h13-14,16H,1-12H2/t14-/m0/s1. The molecule has 3 aliphatic heterocycles. The molecule has 3 rings (SSSR count). The van der Waals surface area contributed by atoms with Crippen LogP contribution in [-0.4, -0.2) is 60.5 Å². The molecule has 0 aromatic heterocycles. The number of likely N-dealkylation sites (tertiary alicyclic amines) is 2. The molecule has 1 amide bonds. The summed E-state index contributed by atoms with van der Waals surface area (Å²) >= 11 is 0. The SMILES string of the molecule is O=C([C@@H]1CCCCN1)N1CCC(N2CCCC2)CC1. The summed E-state index contributed by atoms with van der Waals surface area (Å²) in [5, 5.41) is 3.38. The van der Waals surface area contributed by atoms with Crippen LogP contribution in [0.15, 0.2) is 0 Å². The highest BCUT2D eigenvalue weighted by molar-refractivity contribution is 5.82. The van der Waals surface area contributed by atoms with Crippen LogP contribution < -0.4 is 5.32 Å². The van der Waals surface area contributed by atoms with Crippen LogP contribution in [-0.2, 0) is 4.79 Å². The second kappa shape index (κ2) is 6.23. The minimum absolute atomic E-state index is 0.108. The van der Waals surface area contributed by atoms with E-state index in [1.807, 2.05) is 0 Å². The maximum Gasteiger partial charge on any atom is 0.239 e. The first-order valence-corrected chi connectivity index (χ1v) is 8.11. The smallest absolute Gasteiger partial charge is 0.239 e. The lowest BCUT2D eigenvalue weighted by atomic mass is 10.00. The van der Waals surface area contributed by atoms with Crippen molar-refractivity contribution in [2.45, 2.75) is 57.0 Å². The van der Waals surface area contributed by atoms with Crippen molar-refractivity contribution in [1.29, 1.82) is 0 Å². The van der Waals surface area contributed by atoms with Gasteiger partial charge in [0, 0.05) is 19.1 Å². The van der Waals surface area contributed by atoms with Gasteiger partial charge in [0.25, 0.3) is 0 Å². The van der Waals surface area contributed by atoms with E-state index < -0.39 is 0 Å². The second-order valence-corrected chi connectivity index (χ2v) is 6.30. The predicted molar refractivity (Wildman–Crippen MR) is 76.1 cm³/mol. The Morgan fingerprint density at radius 1 is 0.895 bits per heavy atom. The van der Waals surface area contributed by atoms with Crippen molar-refractivity contribution in [2.24, 2.45) is 0 Å². The van der Waals surface area contributed by atoms with E-state index in [0.29, 0.717) is 5.91 Å². The Kier molecular flexibility index (Phi) is 4.38. The van der Waals surface area contributed by atoms with Gasteiger partial charge in [0.15, 0.2) is 0 Å². The first-order chi connectivity index (χ1) is 9.34. The van der Waals surface area contributed by atoms with Gasteiger partial charge in [0.1, 0.15) is 0 Å². The number of nitrogens with zero attached hydrogens (tertiary/aromatic N) is 2. The quantitative estimate of drug-likeness (QED) is 0.815. The van der Waals surface area contributed by atoms with Crippen molar-refractivity contribution in [3.8, 4) is 0 Å². The molecule has 3 saturated heterocycles. The number of rotatable bonds is 2. The zero-order chi connectivity index (χ0) is 13.1. The number of piperidine rings is 2. The van der Waals surface area contributed by atoms with E-state index in [2.05, 4.69) is 15.1 Å². The van der Waals surface area contributed by atoms with Crippen molar-refractivity contribution in [3.05, 3.63) is 0 Å². The zero-order valence-corrected chi connectivity index (χ0v) is 11.9. The highest BCUT2D eigenvalue weighted by Crippen LogP contribution is 2.22. The van der Waals surface area contributed by atoms with Crippen LogP contribution in [0.25, 0.3) is 0 Å². The summed E-state index contributed by atoms with van der Waals surface area (Å²) in [6, 6.07) is 0.850. The fourth-order valence-electron chi connectivity index (χ4n) is 3.84. The van der Waals surface area contributed by atoms with E-state index in [9.17, 15) is 4.79 Å². The molecular formula is C15H27N3O. The number of hydrogen-bond acceptors (Lipinski definition) is 3. The molecule has 4 heteroatoms. The molecule has 0 aromatic rings. The fraction of sp³-hybridized carbons (Fsp3) is 0.933. The van der Waals surface area contributed by atoms with Gasteiger partial charge in [-0.05, 0) is 58.2 Å². The van der Waals surface area contributed by atoms with Gasteiger partial charge in [-0.1, -0.05) is 6.42 Å². The van der Waals surface area contributed by atoms with Crippen molar-refractivity contribution in [1.82, 2.24) is 15.1 Å². The molecule has 3 aliphatic rings. The molecule has 0 bridgehead atoms. The summed E-state index contributed by atoms with van der Waals surface area (Å²) in [5.41, 5.74) is 0. The van der Waals surface area contributed by atoms with Crippen LogP contribution in [0.1, 0.15) is 44.9 Å². The third kappa shape index (κ3) is 3.11. The molecule has 0 unspecified atom stereocenters. The zero-order valence-electron chi connectivity index (χ0n) is 11.9. The second-order valence-electron chi connectivity index (χ2n) is 6.30. The first-order valence-electron chi connectivity index (χ1n) is 8.11. The van der Waals surface area contributed by atoms with Crippen LogP contribution in [0.5, 0.6) is 0 Å². The topological polar surface area (TPSA) is 35.6 Å². The van der Waals surface area contributed by atoms with E-state index >= 15 is 0 Å². The minimum Gasteiger partial charge on any atom is -0.341 e.